The van der Waals surface area contributed by atoms with E-state index in [0.717, 1.165) is 12.3 Å². The van der Waals surface area contributed by atoms with Crippen LogP contribution in [0.1, 0.15) is 47.0 Å². The van der Waals surface area contributed by atoms with Crippen molar-refractivity contribution in [2.75, 3.05) is 0 Å². The zero-order valence-corrected chi connectivity index (χ0v) is 12.0. The van der Waals surface area contributed by atoms with Gasteiger partial charge < -0.3 is 5.32 Å². The maximum atomic E-state index is 11.9. The molecule has 0 aromatic carbocycles. The number of amides is 1. The predicted molar refractivity (Wildman–Crippen MR) is 75.1 cm³/mol. The van der Waals surface area contributed by atoms with Crippen molar-refractivity contribution >= 4 is 5.91 Å². The van der Waals surface area contributed by atoms with Gasteiger partial charge in [-0.05, 0) is 42.9 Å². The lowest BCUT2D eigenvalue weighted by atomic mass is 9.69. The Kier molecular flexibility index (Phi) is 3.39. The van der Waals surface area contributed by atoms with Crippen molar-refractivity contribution in [3.05, 3.63) is 24.3 Å². The highest BCUT2D eigenvalue weighted by atomic mass is 16.1. The van der Waals surface area contributed by atoms with Crippen molar-refractivity contribution < 1.29 is 4.79 Å². The molecule has 2 rings (SSSR count). The largest absolute Gasteiger partial charge is 0.349 e. The second-order valence-electron chi connectivity index (χ2n) is 6.56. The van der Waals surface area contributed by atoms with E-state index in [1.807, 2.05) is 19.1 Å². The molecule has 1 N–H and O–H groups in total. The molecule has 0 saturated heterocycles. The molecule has 3 atom stereocenters. The minimum atomic E-state index is 0.0441. The van der Waals surface area contributed by atoms with Crippen LogP contribution in [0.3, 0.4) is 0 Å². The van der Waals surface area contributed by atoms with Crippen LogP contribution >= 0.6 is 0 Å². The second kappa shape index (κ2) is 4.56. The quantitative estimate of drug-likeness (QED) is 0.600. The Morgan fingerprint density at radius 2 is 2.00 bits per heavy atom. The molecule has 2 saturated carbocycles. The average Bonchev–Trinajstić information content (AvgIpc) is 2.62. The Labute approximate surface area is 111 Å². The van der Waals surface area contributed by atoms with E-state index in [4.69, 9.17) is 0 Å². The lowest BCUT2D eigenvalue weighted by Crippen LogP contribution is -2.46. The highest BCUT2D eigenvalue weighted by molar-refractivity contribution is 5.88. The number of hydrogen-bond donors (Lipinski definition) is 1. The van der Waals surface area contributed by atoms with Crippen molar-refractivity contribution in [1.29, 1.82) is 0 Å². The van der Waals surface area contributed by atoms with Gasteiger partial charge in [-0.3, -0.25) is 4.79 Å². The van der Waals surface area contributed by atoms with E-state index < -0.39 is 0 Å². The molecule has 0 spiro atoms. The standard InChI is InChI=1S/C16H25NO/c1-5-6-7-8-14(18)17-13-11-12-9-10-16(13,4)15(12,2)3/h5-8,12-13H,9-11H2,1-4H3,(H,17,18). The number of carbonyl (C=O) groups excluding carboxylic acids is 1. The fourth-order valence-electron chi connectivity index (χ4n) is 3.90. The van der Waals surface area contributed by atoms with Crippen LogP contribution in [-0.4, -0.2) is 11.9 Å². The molecule has 3 unspecified atom stereocenters. The lowest BCUT2D eigenvalue weighted by molar-refractivity contribution is -0.118. The topological polar surface area (TPSA) is 29.1 Å². The fourth-order valence-corrected chi connectivity index (χ4v) is 3.90. The van der Waals surface area contributed by atoms with Crippen LogP contribution in [0.25, 0.3) is 0 Å². The monoisotopic (exact) mass is 247 g/mol. The zero-order chi connectivity index (χ0) is 13.4. The summed E-state index contributed by atoms with van der Waals surface area (Å²) in [6.07, 6.45) is 10.9. The molecule has 0 aliphatic heterocycles. The van der Waals surface area contributed by atoms with Crippen molar-refractivity contribution in [3.63, 3.8) is 0 Å². The summed E-state index contributed by atoms with van der Waals surface area (Å²) in [5.74, 6) is 0.815. The van der Waals surface area contributed by atoms with Crippen LogP contribution in [0, 0.1) is 16.7 Å². The first kappa shape index (κ1) is 13.4. The molecule has 2 fully saturated rings. The third-order valence-electron chi connectivity index (χ3n) is 5.66. The van der Waals surface area contributed by atoms with E-state index in [2.05, 4.69) is 26.1 Å². The molecule has 0 heterocycles. The van der Waals surface area contributed by atoms with Gasteiger partial charge in [-0.1, -0.05) is 39.0 Å². The molecule has 2 heteroatoms. The third-order valence-corrected chi connectivity index (χ3v) is 5.66. The van der Waals surface area contributed by atoms with Gasteiger partial charge in [-0.2, -0.15) is 0 Å². The summed E-state index contributed by atoms with van der Waals surface area (Å²) < 4.78 is 0. The third kappa shape index (κ3) is 1.92. The van der Waals surface area contributed by atoms with Gasteiger partial charge in [0.25, 0.3) is 0 Å². The highest BCUT2D eigenvalue weighted by Gasteiger charge is 2.61. The molecule has 100 valence electrons. The van der Waals surface area contributed by atoms with E-state index in [9.17, 15) is 4.79 Å². The molecule has 0 aromatic rings. The zero-order valence-electron chi connectivity index (χ0n) is 12.0. The summed E-state index contributed by atoms with van der Waals surface area (Å²) in [6.45, 7) is 9.03. The van der Waals surface area contributed by atoms with Gasteiger partial charge in [0, 0.05) is 12.1 Å². The first-order valence-electron chi connectivity index (χ1n) is 7.01. The van der Waals surface area contributed by atoms with Crippen molar-refractivity contribution in [1.82, 2.24) is 5.32 Å². The molecular formula is C16H25NO. The molecule has 2 aliphatic rings. The Morgan fingerprint density at radius 1 is 1.28 bits per heavy atom. The highest BCUT2D eigenvalue weighted by Crippen LogP contribution is 2.65. The Morgan fingerprint density at radius 3 is 2.50 bits per heavy atom. The van der Waals surface area contributed by atoms with Gasteiger partial charge in [0.15, 0.2) is 0 Å². The van der Waals surface area contributed by atoms with Gasteiger partial charge in [-0.25, -0.2) is 0 Å². The van der Waals surface area contributed by atoms with E-state index in [1.165, 1.54) is 12.8 Å². The number of hydrogen-bond acceptors (Lipinski definition) is 1. The molecule has 0 radical (unpaired) electrons. The normalized spacial score (nSPS) is 37.8. The Balaban J connectivity index is 2.03. The predicted octanol–water partition coefficient (Wildman–Crippen LogP) is 3.45. The summed E-state index contributed by atoms with van der Waals surface area (Å²) in [4.78, 5) is 11.9. The van der Waals surface area contributed by atoms with Crippen LogP contribution in [0.5, 0.6) is 0 Å². The van der Waals surface area contributed by atoms with Crippen LogP contribution in [0.4, 0.5) is 0 Å². The number of rotatable bonds is 3. The molecule has 2 aliphatic carbocycles. The Hall–Kier alpha value is -1.05. The number of nitrogens with one attached hydrogen (secondary N) is 1. The molecule has 2 nitrogen and oxygen atoms in total. The molecule has 1 amide bonds. The van der Waals surface area contributed by atoms with E-state index in [1.54, 1.807) is 12.2 Å². The lowest BCUT2D eigenvalue weighted by Gasteiger charge is -2.39. The minimum Gasteiger partial charge on any atom is -0.349 e. The maximum Gasteiger partial charge on any atom is 0.244 e. The molecule has 0 aromatic heterocycles. The molecule has 2 bridgehead atoms. The van der Waals surface area contributed by atoms with E-state index in [-0.39, 0.29) is 11.3 Å². The number of allylic oxidation sites excluding steroid dienone is 3. The Bertz CT molecular complexity index is 394. The van der Waals surface area contributed by atoms with Gasteiger partial charge in [-0.15, -0.1) is 0 Å². The van der Waals surface area contributed by atoms with Gasteiger partial charge in [0.1, 0.15) is 0 Å². The first-order valence-corrected chi connectivity index (χ1v) is 7.01. The number of fused-ring (bicyclic) bond motifs is 2. The van der Waals surface area contributed by atoms with E-state index >= 15 is 0 Å². The number of carbonyl (C=O) groups is 1. The maximum absolute atomic E-state index is 11.9. The van der Waals surface area contributed by atoms with Crippen LogP contribution in [0.15, 0.2) is 24.3 Å². The average molecular weight is 247 g/mol. The summed E-state index contributed by atoms with van der Waals surface area (Å²) in [7, 11) is 0. The van der Waals surface area contributed by atoms with Crippen LogP contribution in [-0.2, 0) is 4.79 Å². The summed E-state index contributed by atoms with van der Waals surface area (Å²) in [5.41, 5.74) is 0.625. The van der Waals surface area contributed by atoms with Crippen molar-refractivity contribution in [2.45, 2.75) is 53.0 Å². The minimum absolute atomic E-state index is 0.0441. The van der Waals surface area contributed by atoms with E-state index in [0.29, 0.717) is 11.5 Å². The van der Waals surface area contributed by atoms with Gasteiger partial charge >= 0.3 is 0 Å². The first-order chi connectivity index (χ1) is 8.41. The summed E-state index contributed by atoms with van der Waals surface area (Å²) in [6, 6.07) is 0.342. The van der Waals surface area contributed by atoms with Crippen LogP contribution in [0.2, 0.25) is 0 Å². The SMILES string of the molecule is CC=CC=CC(=O)NC1CC2CCC1(C)C2(C)C. The summed E-state index contributed by atoms with van der Waals surface area (Å²) >= 11 is 0. The van der Waals surface area contributed by atoms with Crippen LogP contribution < -0.4 is 5.32 Å². The summed E-state index contributed by atoms with van der Waals surface area (Å²) in [5, 5.41) is 3.21. The second-order valence-corrected chi connectivity index (χ2v) is 6.56. The smallest absolute Gasteiger partial charge is 0.244 e. The van der Waals surface area contributed by atoms with Gasteiger partial charge in [0.2, 0.25) is 5.91 Å². The van der Waals surface area contributed by atoms with Gasteiger partial charge in [0.05, 0.1) is 0 Å². The van der Waals surface area contributed by atoms with Crippen molar-refractivity contribution in [2.24, 2.45) is 16.7 Å². The van der Waals surface area contributed by atoms with Crippen molar-refractivity contribution in [3.8, 4) is 0 Å². The molecular weight excluding hydrogens is 222 g/mol. The molecule has 18 heavy (non-hydrogen) atoms. The fraction of sp³-hybridized carbons (Fsp3) is 0.688.